The van der Waals surface area contributed by atoms with E-state index >= 15 is 0 Å². The highest BCUT2D eigenvalue weighted by Crippen LogP contribution is 2.33. The van der Waals surface area contributed by atoms with E-state index in [0.29, 0.717) is 11.1 Å². The first-order valence-corrected chi connectivity index (χ1v) is 7.13. The number of amides is 2. The largest absolute Gasteiger partial charge is 0.269 e. The predicted molar refractivity (Wildman–Crippen MR) is 77.7 cm³/mol. The summed E-state index contributed by atoms with van der Waals surface area (Å²) in [5.74, 6) is -0.461. The second-order valence-electron chi connectivity index (χ2n) is 4.75. The Morgan fingerprint density at radius 3 is 2.47 bits per heavy atom. The van der Waals surface area contributed by atoms with Crippen LogP contribution in [0.15, 0.2) is 24.3 Å². The molecule has 0 unspecified atom stereocenters. The molecule has 0 atom stereocenters. The Hall–Kier alpha value is -1.68. The fraction of sp³-hybridized carbons (Fsp3) is 0.200. The van der Waals surface area contributed by atoms with E-state index in [4.69, 9.17) is 0 Å². The minimum Gasteiger partial charge on any atom is -0.269 e. The van der Waals surface area contributed by atoms with Crippen molar-refractivity contribution in [3.05, 3.63) is 46.5 Å². The van der Waals surface area contributed by atoms with Gasteiger partial charge >= 0.3 is 0 Å². The highest BCUT2D eigenvalue weighted by Gasteiger charge is 2.32. The molecule has 0 N–H and O–H groups in total. The zero-order valence-electron chi connectivity index (χ0n) is 10.7. The normalized spacial score (nSPS) is 14.4. The summed E-state index contributed by atoms with van der Waals surface area (Å²) in [5, 5.41) is 1.78. The first kappa shape index (κ1) is 12.4. The summed E-state index contributed by atoms with van der Waals surface area (Å²) in [7, 11) is 0. The summed E-state index contributed by atoms with van der Waals surface area (Å²) in [5.41, 5.74) is 3.63. The van der Waals surface area contributed by atoms with Gasteiger partial charge in [0.1, 0.15) is 0 Å². The van der Waals surface area contributed by atoms with Crippen LogP contribution in [0.1, 0.15) is 31.8 Å². The van der Waals surface area contributed by atoms with E-state index in [2.05, 4.69) is 15.9 Å². The van der Waals surface area contributed by atoms with Crippen LogP contribution < -0.4 is 0 Å². The Labute approximate surface area is 119 Å². The number of aryl methyl sites for hydroxylation is 2. The van der Waals surface area contributed by atoms with Gasteiger partial charge in [-0.25, -0.2) is 0 Å². The molecule has 96 valence electrons. The smallest absolute Gasteiger partial charge is 0.262 e. The highest BCUT2D eigenvalue weighted by atomic mass is 79.9. The number of carbonyl (C=O) groups excluding carboxylic acids is 2. The summed E-state index contributed by atoms with van der Waals surface area (Å²) >= 11 is 3.21. The SMILES string of the molecule is Cc1cc2c3c(cccc3c1C)C(=O)N(CBr)C2=O. The number of carbonyl (C=O) groups is 2. The van der Waals surface area contributed by atoms with Crippen molar-refractivity contribution in [3.8, 4) is 0 Å². The molecule has 19 heavy (non-hydrogen) atoms. The number of benzene rings is 2. The molecule has 2 amide bonds. The molecule has 3 nitrogen and oxygen atoms in total. The maximum atomic E-state index is 12.4. The van der Waals surface area contributed by atoms with Gasteiger partial charge in [0.25, 0.3) is 11.8 Å². The van der Waals surface area contributed by atoms with Crippen LogP contribution in [0, 0.1) is 13.8 Å². The van der Waals surface area contributed by atoms with Crippen molar-refractivity contribution in [1.29, 1.82) is 0 Å². The molecule has 0 saturated heterocycles. The van der Waals surface area contributed by atoms with Crippen LogP contribution >= 0.6 is 15.9 Å². The van der Waals surface area contributed by atoms with Crippen LogP contribution in [0.5, 0.6) is 0 Å². The number of imide groups is 1. The molecule has 0 spiro atoms. The minimum atomic E-state index is -0.233. The minimum absolute atomic E-state index is 0.216. The van der Waals surface area contributed by atoms with Crippen LogP contribution in [0.4, 0.5) is 0 Å². The van der Waals surface area contributed by atoms with Gasteiger partial charge in [-0.15, -0.1) is 0 Å². The van der Waals surface area contributed by atoms with Gasteiger partial charge in [-0.1, -0.05) is 28.1 Å². The van der Waals surface area contributed by atoms with Gasteiger partial charge in [0, 0.05) is 16.5 Å². The molecule has 4 heteroatoms. The quantitative estimate of drug-likeness (QED) is 0.459. The molecule has 1 heterocycles. The average molecular weight is 318 g/mol. The van der Waals surface area contributed by atoms with Crippen molar-refractivity contribution in [2.75, 3.05) is 5.45 Å². The lowest BCUT2D eigenvalue weighted by Gasteiger charge is -2.26. The van der Waals surface area contributed by atoms with Crippen LogP contribution in [0.3, 0.4) is 0 Å². The van der Waals surface area contributed by atoms with Crippen LogP contribution in [-0.4, -0.2) is 22.2 Å². The van der Waals surface area contributed by atoms with Crippen LogP contribution in [0.2, 0.25) is 0 Å². The summed E-state index contributed by atoms with van der Waals surface area (Å²) in [6.07, 6.45) is 0. The molecule has 0 saturated carbocycles. The topological polar surface area (TPSA) is 37.4 Å². The van der Waals surface area contributed by atoms with E-state index in [1.807, 2.05) is 32.0 Å². The molecule has 2 aromatic carbocycles. The number of hydrogen-bond donors (Lipinski definition) is 0. The molecule has 0 aliphatic carbocycles. The van der Waals surface area contributed by atoms with Gasteiger partial charge in [0.2, 0.25) is 0 Å². The number of rotatable bonds is 1. The lowest BCUT2D eigenvalue weighted by molar-refractivity contribution is 0.0643. The van der Waals surface area contributed by atoms with E-state index < -0.39 is 0 Å². The summed E-state index contributed by atoms with van der Waals surface area (Å²) < 4.78 is 0. The predicted octanol–water partition coefficient (Wildman–Crippen LogP) is 3.41. The van der Waals surface area contributed by atoms with Gasteiger partial charge in [0.05, 0.1) is 5.45 Å². The Balaban J connectivity index is 2.49. The summed E-state index contributed by atoms with van der Waals surface area (Å²) in [6.45, 7) is 4.00. The Morgan fingerprint density at radius 2 is 1.79 bits per heavy atom. The second kappa shape index (κ2) is 4.17. The van der Waals surface area contributed by atoms with Crippen molar-refractivity contribution < 1.29 is 9.59 Å². The first-order chi connectivity index (χ1) is 9.06. The number of halogens is 1. The molecular weight excluding hydrogens is 306 g/mol. The van der Waals surface area contributed by atoms with Gasteiger partial charge in [0.15, 0.2) is 0 Å². The van der Waals surface area contributed by atoms with Crippen molar-refractivity contribution in [2.24, 2.45) is 0 Å². The van der Waals surface area contributed by atoms with Crippen molar-refractivity contribution >= 4 is 38.5 Å². The molecule has 1 aliphatic heterocycles. The van der Waals surface area contributed by atoms with Gasteiger partial charge in [-0.3, -0.25) is 14.5 Å². The third-order valence-corrected chi connectivity index (χ3v) is 4.26. The summed E-state index contributed by atoms with van der Waals surface area (Å²) in [6, 6.07) is 7.50. The van der Waals surface area contributed by atoms with E-state index in [9.17, 15) is 9.59 Å². The molecule has 0 bridgehead atoms. The molecular formula is C15H12BrNO2. The Bertz CT molecular complexity index is 736. The van der Waals surface area contributed by atoms with Gasteiger partial charge < -0.3 is 0 Å². The monoisotopic (exact) mass is 317 g/mol. The standard InChI is InChI=1S/C15H12BrNO2/c1-8-6-12-13-10(9(8)2)4-3-5-11(13)14(18)17(7-16)15(12)19/h3-6H,7H2,1-2H3. The zero-order chi connectivity index (χ0) is 13.7. The lowest BCUT2D eigenvalue weighted by atomic mass is 9.89. The van der Waals surface area contributed by atoms with Crippen molar-refractivity contribution in [3.63, 3.8) is 0 Å². The Morgan fingerprint density at radius 1 is 1.11 bits per heavy atom. The Kier molecular flexibility index (Phi) is 2.71. The van der Waals surface area contributed by atoms with E-state index in [0.717, 1.165) is 21.9 Å². The fourth-order valence-electron chi connectivity index (χ4n) is 2.60. The highest BCUT2D eigenvalue weighted by molar-refractivity contribution is 9.09. The molecule has 0 fully saturated rings. The van der Waals surface area contributed by atoms with Gasteiger partial charge in [-0.2, -0.15) is 0 Å². The van der Waals surface area contributed by atoms with Crippen molar-refractivity contribution in [2.45, 2.75) is 13.8 Å². The van der Waals surface area contributed by atoms with Gasteiger partial charge in [-0.05, 0) is 42.5 Å². The number of hydrogen-bond acceptors (Lipinski definition) is 2. The molecule has 0 aromatic heterocycles. The van der Waals surface area contributed by atoms with E-state index in [1.165, 1.54) is 4.90 Å². The van der Waals surface area contributed by atoms with Crippen molar-refractivity contribution in [1.82, 2.24) is 4.90 Å². The number of nitrogens with zero attached hydrogens (tertiary/aromatic N) is 1. The fourth-order valence-corrected chi connectivity index (χ4v) is 3.06. The molecule has 2 aromatic rings. The first-order valence-electron chi connectivity index (χ1n) is 6.01. The van der Waals surface area contributed by atoms with E-state index in [1.54, 1.807) is 6.07 Å². The molecule has 0 radical (unpaired) electrons. The van der Waals surface area contributed by atoms with Crippen LogP contribution in [0.25, 0.3) is 10.8 Å². The van der Waals surface area contributed by atoms with Crippen LogP contribution in [-0.2, 0) is 0 Å². The lowest BCUT2D eigenvalue weighted by Crippen LogP contribution is -2.39. The molecule has 1 aliphatic rings. The van der Waals surface area contributed by atoms with E-state index in [-0.39, 0.29) is 17.3 Å². The third kappa shape index (κ3) is 1.56. The maximum Gasteiger partial charge on any atom is 0.262 e. The third-order valence-electron chi connectivity index (χ3n) is 3.76. The second-order valence-corrected chi connectivity index (χ2v) is 5.25. The maximum absolute atomic E-state index is 12.4. The molecule has 3 rings (SSSR count). The number of alkyl halides is 1. The summed E-state index contributed by atoms with van der Waals surface area (Å²) in [4.78, 5) is 25.9. The average Bonchev–Trinajstić information content (AvgIpc) is 2.41. The zero-order valence-corrected chi connectivity index (χ0v) is 12.2.